The van der Waals surface area contributed by atoms with Gasteiger partial charge in [-0.15, -0.1) is 0 Å². The van der Waals surface area contributed by atoms with E-state index < -0.39 is 5.60 Å². The molecule has 0 unspecified atom stereocenters. The number of benzene rings is 2. The van der Waals surface area contributed by atoms with Crippen molar-refractivity contribution in [3.05, 3.63) is 48.0 Å². The number of methoxy groups -OCH3 is 1. The van der Waals surface area contributed by atoms with E-state index in [0.29, 0.717) is 29.5 Å². The lowest BCUT2D eigenvalue weighted by Crippen LogP contribution is -2.51. The molecule has 3 heterocycles. The predicted octanol–water partition coefficient (Wildman–Crippen LogP) is 3.84. The van der Waals surface area contributed by atoms with E-state index in [9.17, 15) is 4.79 Å². The maximum atomic E-state index is 12.7. The number of aromatic nitrogens is 1. The smallest absolute Gasteiger partial charge is 0.298 e. The van der Waals surface area contributed by atoms with Crippen LogP contribution in [-0.2, 0) is 0 Å². The SMILES string of the molecule is COc1ccc2c(c1)C(=O)CC1(CCN(c3nc4ccccc4o3)CC1)O2. The van der Waals surface area contributed by atoms with Crippen LogP contribution in [0.1, 0.15) is 29.6 Å². The van der Waals surface area contributed by atoms with Gasteiger partial charge in [-0.05, 0) is 30.3 Å². The molecule has 138 valence electrons. The molecule has 2 aliphatic heterocycles. The number of para-hydroxylation sites is 2. The summed E-state index contributed by atoms with van der Waals surface area (Å²) in [7, 11) is 1.60. The van der Waals surface area contributed by atoms with Crippen LogP contribution < -0.4 is 14.4 Å². The number of carbonyl (C=O) groups excluding carboxylic acids is 1. The van der Waals surface area contributed by atoms with Gasteiger partial charge in [-0.1, -0.05) is 12.1 Å². The number of hydrogen-bond donors (Lipinski definition) is 0. The Bertz CT molecular complexity index is 985. The second kappa shape index (κ2) is 6.01. The summed E-state index contributed by atoms with van der Waals surface area (Å²) >= 11 is 0. The molecule has 6 nitrogen and oxygen atoms in total. The van der Waals surface area contributed by atoms with Crippen molar-refractivity contribution in [1.82, 2.24) is 4.98 Å². The van der Waals surface area contributed by atoms with Crippen molar-refractivity contribution in [1.29, 1.82) is 0 Å². The van der Waals surface area contributed by atoms with E-state index in [1.54, 1.807) is 13.2 Å². The summed E-state index contributed by atoms with van der Waals surface area (Å²) in [5, 5.41) is 0. The summed E-state index contributed by atoms with van der Waals surface area (Å²) in [5.41, 5.74) is 1.82. The van der Waals surface area contributed by atoms with Gasteiger partial charge in [0.25, 0.3) is 6.01 Å². The molecule has 27 heavy (non-hydrogen) atoms. The molecular formula is C21H20N2O4. The molecule has 0 amide bonds. The van der Waals surface area contributed by atoms with Gasteiger partial charge in [0.05, 0.1) is 19.1 Å². The topological polar surface area (TPSA) is 64.8 Å². The monoisotopic (exact) mass is 364 g/mol. The molecule has 0 atom stereocenters. The summed E-state index contributed by atoms with van der Waals surface area (Å²) < 4.78 is 17.4. The van der Waals surface area contributed by atoms with Crippen LogP contribution in [0.3, 0.4) is 0 Å². The number of fused-ring (bicyclic) bond motifs is 2. The lowest BCUT2D eigenvalue weighted by molar-refractivity contribution is 0.0226. The quantitative estimate of drug-likeness (QED) is 0.688. The first-order valence-electron chi connectivity index (χ1n) is 9.17. The first-order chi connectivity index (χ1) is 13.2. The van der Waals surface area contributed by atoms with Crippen molar-refractivity contribution in [2.24, 2.45) is 0 Å². The Hall–Kier alpha value is -3.02. The first kappa shape index (κ1) is 16.2. The molecule has 2 aromatic carbocycles. The van der Waals surface area contributed by atoms with E-state index in [2.05, 4.69) is 9.88 Å². The minimum atomic E-state index is -0.443. The Morgan fingerprint density at radius 1 is 1.15 bits per heavy atom. The third-order valence-corrected chi connectivity index (χ3v) is 5.52. The van der Waals surface area contributed by atoms with Crippen LogP contribution in [0.25, 0.3) is 11.1 Å². The fourth-order valence-electron chi connectivity index (χ4n) is 3.98. The Morgan fingerprint density at radius 2 is 1.96 bits per heavy atom. The molecule has 2 aliphatic rings. The second-order valence-corrected chi connectivity index (χ2v) is 7.20. The van der Waals surface area contributed by atoms with Crippen molar-refractivity contribution in [3.63, 3.8) is 0 Å². The normalized spacial score (nSPS) is 18.4. The van der Waals surface area contributed by atoms with Crippen LogP contribution in [0.15, 0.2) is 46.9 Å². The third-order valence-electron chi connectivity index (χ3n) is 5.52. The van der Waals surface area contributed by atoms with Gasteiger partial charge in [0, 0.05) is 25.9 Å². The summed E-state index contributed by atoms with van der Waals surface area (Å²) in [4.78, 5) is 19.4. The Kier molecular flexibility index (Phi) is 3.60. The van der Waals surface area contributed by atoms with E-state index >= 15 is 0 Å². The Labute approximate surface area is 156 Å². The molecule has 5 rings (SSSR count). The van der Waals surface area contributed by atoms with Crippen LogP contribution in [0.4, 0.5) is 6.01 Å². The lowest BCUT2D eigenvalue weighted by atomic mass is 9.82. The highest BCUT2D eigenvalue weighted by Crippen LogP contribution is 2.41. The molecule has 3 aromatic rings. The minimum Gasteiger partial charge on any atom is -0.497 e. The van der Waals surface area contributed by atoms with Gasteiger partial charge in [0.2, 0.25) is 0 Å². The van der Waals surface area contributed by atoms with Crippen molar-refractivity contribution in [3.8, 4) is 11.5 Å². The van der Waals surface area contributed by atoms with Gasteiger partial charge in [-0.2, -0.15) is 4.98 Å². The third kappa shape index (κ3) is 2.72. The zero-order valence-corrected chi connectivity index (χ0v) is 15.1. The number of piperidine rings is 1. The van der Waals surface area contributed by atoms with Crippen LogP contribution >= 0.6 is 0 Å². The zero-order valence-electron chi connectivity index (χ0n) is 15.1. The highest BCUT2D eigenvalue weighted by Gasteiger charge is 2.43. The van der Waals surface area contributed by atoms with Crippen molar-refractivity contribution >= 4 is 22.9 Å². The zero-order chi connectivity index (χ0) is 18.4. The maximum absolute atomic E-state index is 12.7. The van der Waals surface area contributed by atoms with E-state index in [0.717, 1.165) is 37.0 Å². The van der Waals surface area contributed by atoms with Crippen LogP contribution in [0.5, 0.6) is 11.5 Å². The van der Waals surface area contributed by atoms with Crippen LogP contribution in [-0.4, -0.2) is 36.6 Å². The average molecular weight is 364 g/mol. The number of carbonyl (C=O) groups is 1. The predicted molar refractivity (Wildman–Crippen MR) is 101 cm³/mol. The molecule has 0 radical (unpaired) electrons. The van der Waals surface area contributed by atoms with Gasteiger partial charge >= 0.3 is 0 Å². The van der Waals surface area contributed by atoms with Gasteiger partial charge in [0.15, 0.2) is 11.4 Å². The summed E-state index contributed by atoms with van der Waals surface area (Å²) in [6.07, 6.45) is 1.90. The van der Waals surface area contributed by atoms with Gasteiger partial charge in [-0.25, -0.2) is 0 Å². The Balaban J connectivity index is 1.35. The van der Waals surface area contributed by atoms with E-state index in [1.807, 2.05) is 36.4 Å². The first-order valence-corrected chi connectivity index (χ1v) is 9.17. The van der Waals surface area contributed by atoms with Gasteiger partial charge in [-0.3, -0.25) is 4.79 Å². The van der Waals surface area contributed by atoms with Crippen molar-refractivity contribution in [2.45, 2.75) is 24.9 Å². The van der Waals surface area contributed by atoms with E-state index in [-0.39, 0.29) is 5.78 Å². The molecule has 0 N–H and O–H groups in total. The number of anilines is 1. The van der Waals surface area contributed by atoms with Gasteiger partial charge < -0.3 is 18.8 Å². The van der Waals surface area contributed by atoms with Crippen LogP contribution in [0, 0.1) is 0 Å². The van der Waals surface area contributed by atoms with Crippen molar-refractivity contribution < 1.29 is 18.7 Å². The number of ether oxygens (including phenoxy) is 2. The maximum Gasteiger partial charge on any atom is 0.298 e. The molecule has 1 saturated heterocycles. The molecule has 1 aromatic heterocycles. The molecule has 1 spiro atoms. The minimum absolute atomic E-state index is 0.116. The fourth-order valence-corrected chi connectivity index (χ4v) is 3.98. The molecule has 0 saturated carbocycles. The van der Waals surface area contributed by atoms with Crippen molar-refractivity contribution in [2.75, 3.05) is 25.1 Å². The van der Waals surface area contributed by atoms with Crippen LogP contribution in [0.2, 0.25) is 0 Å². The molecule has 6 heteroatoms. The summed E-state index contributed by atoms with van der Waals surface area (Å²) in [6.45, 7) is 1.48. The highest BCUT2D eigenvalue weighted by molar-refractivity contribution is 6.00. The number of Topliss-reactive ketones (excluding diaryl/α,β-unsaturated/α-hetero) is 1. The second-order valence-electron chi connectivity index (χ2n) is 7.20. The molecule has 0 aliphatic carbocycles. The summed E-state index contributed by atoms with van der Waals surface area (Å²) in [5.74, 6) is 1.44. The standard InChI is InChI=1S/C21H20N2O4/c1-25-14-6-7-18-15(12-14)17(24)13-21(27-18)8-10-23(11-9-21)20-22-16-4-2-3-5-19(16)26-20/h2-7,12H,8-11,13H2,1H3. The van der Waals surface area contributed by atoms with E-state index in [4.69, 9.17) is 13.9 Å². The van der Waals surface area contributed by atoms with E-state index in [1.165, 1.54) is 0 Å². The summed E-state index contributed by atoms with van der Waals surface area (Å²) in [6, 6.07) is 13.8. The highest BCUT2D eigenvalue weighted by atomic mass is 16.5. The largest absolute Gasteiger partial charge is 0.497 e. The number of ketones is 1. The molecular weight excluding hydrogens is 344 g/mol. The molecule has 1 fully saturated rings. The number of nitrogens with zero attached hydrogens (tertiary/aromatic N) is 2. The molecule has 0 bridgehead atoms. The lowest BCUT2D eigenvalue weighted by Gasteiger charge is -2.43. The fraction of sp³-hybridized carbons (Fsp3) is 0.333. The number of hydrogen-bond acceptors (Lipinski definition) is 6. The number of rotatable bonds is 2. The number of oxazole rings is 1. The average Bonchev–Trinajstić information content (AvgIpc) is 3.12. The Morgan fingerprint density at radius 3 is 2.74 bits per heavy atom. The van der Waals surface area contributed by atoms with Gasteiger partial charge in [0.1, 0.15) is 22.6 Å².